The van der Waals surface area contributed by atoms with Crippen molar-refractivity contribution in [3.63, 3.8) is 0 Å². The van der Waals surface area contributed by atoms with E-state index >= 15 is 0 Å². The SMILES string of the molecule is NC(Cc1ccc(F)c(F)c1)c1cccc(F)c1Cl. The molecule has 0 radical (unpaired) electrons. The van der Waals surface area contributed by atoms with Crippen molar-refractivity contribution in [2.75, 3.05) is 0 Å². The lowest BCUT2D eigenvalue weighted by Crippen LogP contribution is -2.14. The lowest BCUT2D eigenvalue weighted by Gasteiger charge is -2.14. The van der Waals surface area contributed by atoms with Gasteiger partial charge in [-0.1, -0.05) is 29.8 Å². The van der Waals surface area contributed by atoms with Crippen molar-refractivity contribution in [3.8, 4) is 0 Å². The summed E-state index contributed by atoms with van der Waals surface area (Å²) in [7, 11) is 0. The van der Waals surface area contributed by atoms with Gasteiger partial charge in [0.15, 0.2) is 11.6 Å². The molecule has 0 bridgehead atoms. The highest BCUT2D eigenvalue weighted by Crippen LogP contribution is 2.26. The molecule has 0 aromatic heterocycles. The quantitative estimate of drug-likeness (QED) is 0.906. The zero-order chi connectivity index (χ0) is 14.0. The third kappa shape index (κ3) is 3.08. The first-order chi connectivity index (χ1) is 8.99. The average molecular weight is 286 g/mol. The van der Waals surface area contributed by atoms with Gasteiger partial charge in [0.1, 0.15) is 5.82 Å². The molecule has 1 atom stereocenters. The minimum Gasteiger partial charge on any atom is -0.324 e. The van der Waals surface area contributed by atoms with E-state index in [9.17, 15) is 13.2 Å². The Labute approximate surface area is 113 Å². The Kier molecular flexibility index (Phi) is 4.12. The van der Waals surface area contributed by atoms with Crippen molar-refractivity contribution in [2.24, 2.45) is 5.73 Å². The Balaban J connectivity index is 2.23. The fraction of sp³-hybridized carbons (Fsp3) is 0.143. The van der Waals surface area contributed by atoms with Gasteiger partial charge in [-0.3, -0.25) is 0 Å². The van der Waals surface area contributed by atoms with Crippen LogP contribution in [0.5, 0.6) is 0 Å². The van der Waals surface area contributed by atoms with Crippen molar-refractivity contribution in [1.82, 2.24) is 0 Å². The van der Waals surface area contributed by atoms with E-state index in [1.165, 1.54) is 18.2 Å². The summed E-state index contributed by atoms with van der Waals surface area (Å²) in [5.41, 5.74) is 6.87. The van der Waals surface area contributed by atoms with Crippen LogP contribution < -0.4 is 5.73 Å². The minimum atomic E-state index is -0.935. The van der Waals surface area contributed by atoms with Crippen molar-refractivity contribution in [3.05, 3.63) is 70.0 Å². The Morgan fingerprint density at radius 3 is 2.42 bits per heavy atom. The van der Waals surface area contributed by atoms with Gasteiger partial charge in [-0.05, 0) is 35.7 Å². The van der Waals surface area contributed by atoms with Gasteiger partial charge in [0, 0.05) is 6.04 Å². The van der Waals surface area contributed by atoms with Crippen LogP contribution in [0.4, 0.5) is 13.2 Å². The van der Waals surface area contributed by atoms with Crippen molar-refractivity contribution < 1.29 is 13.2 Å². The molecule has 0 heterocycles. The van der Waals surface area contributed by atoms with Crippen LogP contribution in [0.25, 0.3) is 0 Å². The third-order valence-electron chi connectivity index (χ3n) is 2.82. The number of rotatable bonds is 3. The molecule has 0 fully saturated rings. The van der Waals surface area contributed by atoms with Crippen molar-refractivity contribution >= 4 is 11.6 Å². The van der Waals surface area contributed by atoms with Crippen LogP contribution in [0.15, 0.2) is 36.4 Å². The largest absolute Gasteiger partial charge is 0.324 e. The molecule has 1 nitrogen and oxygen atoms in total. The fourth-order valence-electron chi connectivity index (χ4n) is 1.84. The van der Waals surface area contributed by atoms with Gasteiger partial charge in [-0.2, -0.15) is 0 Å². The maximum atomic E-state index is 13.3. The van der Waals surface area contributed by atoms with Crippen LogP contribution in [0, 0.1) is 17.5 Å². The van der Waals surface area contributed by atoms with E-state index in [1.807, 2.05) is 0 Å². The predicted octanol–water partition coefficient (Wildman–Crippen LogP) is 4.00. The summed E-state index contributed by atoms with van der Waals surface area (Å²) >= 11 is 5.82. The molecule has 5 heteroatoms. The second-order valence-corrected chi connectivity index (χ2v) is 4.58. The van der Waals surface area contributed by atoms with Gasteiger partial charge in [-0.25, -0.2) is 13.2 Å². The van der Waals surface area contributed by atoms with E-state index < -0.39 is 23.5 Å². The molecular formula is C14H11ClF3N. The van der Waals surface area contributed by atoms with Gasteiger partial charge in [0.2, 0.25) is 0 Å². The van der Waals surface area contributed by atoms with Crippen LogP contribution in [-0.4, -0.2) is 0 Å². The molecule has 2 rings (SSSR count). The number of hydrogen-bond donors (Lipinski definition) is 1. The maximum Gasteiger partial charge on any atom is 0.159 e. The second-order valence-electron chi connectivity index (χ2n) is 4.20. The molecule has 2 aromatic rings. The summed E-state index contributed by atoms with van der Waals surface area (Å²) in [5.74, 6) is -2.41. The normalized spacial score (nSPS) is 12.5. The van der Waals surface area contributed by atoms with Crippen LogP contribution in [0.1, 0.15) is 17.2 Å². The zero-order valence-electron chi connectivity index (χ0n) is 9.84. The van der Waals surface area contributed by atoms with E-state index in [4.69, 9.17) is 17.3 Å². The van der Waals surface area contributed by atoms with Gasteiger partial charge in [-0.15, -0.1) is 0 Å². The van der Waals surface area contributed by atoms with E-state index in [2.05, 4.69) is 0 Å². The number of benzene rings is 2. The van der Waals surface area contributed by atoms with Crippen LogP contribution in [-0.2, 0) is 6.42 Å². The minimum absolute atomic E-state index is 0.0439. The molecule has 2 aromatic carbocycles. The second kappa shape index (κ2) is 5.63. The molecule has 0 amide bonds. The Bertz CT molecular complexity index is 601. The number of hydrogen-bond acceptors (Lipinski definition) is 1. The van der Waals surface area contributed by atoms with Crippen molar-refractivity contribution in [1.29, 1.82) is 0 Å². The molecule has 1 unspecified atom stereocenters. The Hall–Kier alpha value is -1.52. The van der Waals surface area contributed by atoms with Gasteiger partial charge in [0.05, 0.1) is 5.02 Å². The monoisotopic (exact) mass is 285 g/mol. The van der Waals surface area contributed by atoms with Crippen LogP contribution >= 0.6 is 11.6 Å². The Morgan fingerprint density at radius 1 is 1.00 bits per heavy atom. The third-order valence-corrected chi connectivity index (χ3v) is 3.22. The lowest BCUT2D eigenvalue weighted by molar-refractivity contribution is 0.506. The summed E-state index contributed by atoms with van der Waals surface area (Å²) in [6.07, 6.45) is 0.236. The van der Waals surface area contributed by atoms with Crippen LogP contribution in [0.2, 0.25) is 5.02 Å². The highest BCUT2D eigenvalue weighted by Gasteiger charge is 2.14. The molecule has 0 aliphatic rings. The first-order valence-electron chi connectivity index (χ1n) is 5.62. The number of nitrogens with two attached hydrogens (primary N) is 1. The molecule has 0 aliphatic carbocycles. The summed E-state index contributed by atoms with van der Waals surface area (Å²) in [6, 6.07) is 7.29. The Morgan fingerprint density at radius 2 is 1.74 bits per heavy atom. The summed E-state index contributed by atoms with van der Waals surface area (Å²) in [6.45, 7) is 0. The van der Waals surface area contributed by atoms with E-state index in [-0.39, 0.29) is 11.4 Å². The fourth-order valence-corrected chi connectivity index (χ4v) is 2.10. The first-order valence-corrected chi connectivity index (χ1v) is 6.00. The molecule has 0 aliphatic heterocycles. The lowest BCUT2D eigenvalue weighted by atomic mass is 9.99. The molecule has 0 spiro atoms. The predicted molar refractivity (Wildman–Crippen MR) is 68.4 cm³/mol. The molecule has 19 heavy (non-hydrogen) atoms. The van der Waals surface area contributed by atoms with E-state index in [0.29, 0.717) is 11.1 Å². The average Bonchev–Trinajstić information content (AvgIpc) is 2.37. The van der Waals surface area contributed by atoms with E-state index in [0.717, 1.165) is 12.1 Å². The topological polar surface area (TPSA) is 26.0 Å². The molecule has 0 saturated heterocycles. The van der Waals surface area contributed by atoms with Crippen LogP contribution in [0.3, 0.4) is 0 Å². The first kappa shape index (κ1) is 13.9. The van der Waals surface area contributed by atoms with E-state index in [1.54, 1.807) is 6.07 Å². The smallest absolute Gasteiger partial charge is 0.159 e. The highest BCUT2D eigenvalue weighted by molar-refractivity contribution is 6.31. The zero-order valence-corrected chi connectivity index (χ0v) is 10.6. The molecule has 0 saturated carbocycles. The maximum absolute atomic E-state index is 13.3. The van der Waals surface area contributed by atoms with Crippen molar-refractivity contribution in [2.45, 2.75) is 12.5 Å². The molecule has 2 N–H and O–H groups in total. The highest BCUT2D eigenvalue weighted by atomic mass is 35.5. The van der Waals surface area contributed by atoms with Gasteiger partial charge < -0.3 is 5.73 Å². The number of halogens is 4. The summed E-state index contributed by atoms with van der Waals surface area (Å²) < 4.78 is 39.2. The standard InChI is InChI=1S/C14H11ClF3N/c15-14-9(2-1-3-11(14)17)13(19)7-8-4-5-10(16)12(18)6-8/h1-6,13H,7,19H2. The van der Waals surface area contributed by atoms with Gasteiger partial charge >= 0.3 is 0 Å². The van der Waals surface area contributed by atoms with Gasteiger partial charge in [0.25, 0.3) is 0 Å². The molecule has 100 valence electrons. The molecular weight excluding hydrogens is 275 g/mol. The summed E-state index contributed by atoms with van der Waals surface area (Å²) in [5, 5.41) is -0.0439. The summed E-state index contributed by atoms with van der Waals surface area (Å²) in [4.78, 5) is 0.